The Morgan fingerprint density at radius 3 is 2.80 bits per heavy atom. The van der Waals surface area contributed by atoms with E-state index in [2.05, 4.69) is 4.98 Å². The minimum atomic E-state index is 0.0591. The fourth-order valence-electron chi connectivity index (χ4n) is 1.13. The van der Waals surface area contributed by atoms with Crippen LogP contribution in [-0.2, 0) is 16.0 Å². The summed E-state index contributed by atoms with van der Waals surface area (Å²) in [6.07, 6.45) is 2.00. The van der Waals surface area contributed by atoms with Crippen LogP contribution in [0.4, 0.5) is 0 Å². The Bertz CT molecular complexity index is 308. The Morgan fingerprint density at radius 1 is 1.47 bits per heavy atom. The van der Waals surface area contributed by atoms with Crippen LogP contribution in [0.25, 0.3) is 0 Å². The summed E-state index contributed by atoms with van der Waals surface area (Å²) in [6, 6.07) is 3.57. The Kier molecular flexibility index (Phi) is 4.77. The SMILES string of the molecule is CCOCC(=O)Cc1ccc(OC)nc1. The van der Waals surface area contributed by atoms with Gasteiger partial charge in [0.15, 0.2) is 5.78 Å². The van der Waals surface area contributed by atoms with Gasteiger partial charge in [-0.15, -0.1) is 0 Å². The van der Waals surface area contributed by atoms with Crippen LogP contribution in [0.2, 0.25) is 0 Å². The van der Waals surface area contributed by atoms with E-state index in [1.165, 1.54) is 0 Å². The van der Waals surface area contributed by atoms with Crippen molar-refractivity contribution < 1.29 is 14.3 Å². The van der Waals surface area contributed by atoms with Crippen LogP contribution >= 0.6 is 0 Å². The van der Waals surface area contributed by atoms with Gasteiger partial charge in [0.05, 0.1) is 7.11 Å². The smallest absolute Gasteiger partial charge is 0.212 e. The van der Waals surface area contributed by atoms with Crippen LogP contribution in [0, 0.1) is 0 Å². The summed E-state index contributed by atoms with van der Waals surface area (Å²) in [4.78, 5) is 15.4. The van der Waals surface area contributed by atoms with Gasteiger partial charge in [-0.3, -0.25) is 4.79 Å². The van der Waals surface area contributed by atoms with Gasteiger partial charge in [0.1, 0.15) is 6.61 Å². The molecule has 4 nitrogen and oxygen atoms in total. The molecule has 0 N–H and O–H groups in total. The summed E-state index contributed by atoms with van der Waals surface area (Å²) in [5, 5.41) is 0. The molecule has 0 saturated heterocycles. The highest BCUT2D eigenvalue weighted by molar-refractivity contribution is 5.81. The number of ether oxygens (including phenoxy) is 2. The highest BCUT2D eigenvalue weighted by Gasteiger charge is 2.04. The van der Waals surface area contributed by atoms with Crippen LogP contribution in [0.1, 0.15) is 12.5 Å². The van der Waals surface area contributed by atoms with E-state index in [-0.39, 0.29) is 12.4 Å². The third-order valence-corrected chi connectivity index (χ3v) is 1.88. The second kappa shape index (κ2) is 6.14. The van der Waals surface area contributed by atoms with Crippen molar-refractivity contribution in [3.63, 3.8) is 0 Å². The molecular formula is C11H15NO3. The van der Waals surface area contributed by atoms with E-state index < -0.39 is 0 Å². The lowest BCUT2D eigenvalue weighted by molar-refractivity contribution is -0.122. The molecule has 0 aliphatic carbocycles. The normalized spacial score (nSPS) is 10.0. The number of methoxy groups -OCH3 is 1. The van der Waals surface area contributed by atoms with E-state index in [1.54, 1.807) is 19.4 Å². The molecule has 0 bridgehead atoms. The maximum Gasteiger partial charge on any atom is 0.212 e. The molecule has 0 radical (unpaired) electrons. The van der Waals surface area contributed by atoms with E-state index in [1.807, 2.05) is 13.0 Å². The number of hydrogen-bond acceptors (Lipinski definition) is 4. The summed E-state index contributed by atoms with van der Waals surface area (Å²) in [5.41, 5.74) is 0.875. The van der Waals surface area contributed by atoms with Crippen molar-refractivity contribution >= 4 is 5.78 Å². The van der Waals surface area contributed by atoms with E-state index in [0.717, 1.165) is 5.56 Å². The first-order valence-corrected chi connectivity index (χ1v) is 4.84. The highest BCUT2D eigenvalue weighted by Crippen LogP contribution is 2.07. The van der Waals surface area contributed by atoms with Crippen molar-refractivity contribution in [2.75, 3.05) is 20.3 Å². The van der Waals surface area contributed by atoms with Crippen molar-refractivity contribution in [3.8, 4) is 5.88 Å². The lowest BCUT2D eigenvalue weighted by Crippen LogP contribution is -2.11. The molecule has 15 heavy (non-hydrogen) atoms. The standard InChI is InChI=1S/C11H15NO3/c1-3-15-8-10(13)6-9-4-5-11(14-2)12-7-9/h4-5,7H,3,6,8H2,1-2H3. The molecule has 0 unspecified atom stereocenters. The van der Waals surface area contributed by atoms with Gasteiger partial charge in [-0.2, -0.15) is 0 Å². The predicted molar refractivity (Wildman–Crippen MR) is 56.0 cm³/mol. The summed E-state index contributed by atoms with van der Waals surface area (Å²) in [5.74, 6) is 0.611. The van der Waals surface area contributed by atoms with Crippen molar-refractivity contribution in [3.05, 3.63) is 23.9 Å². The number of pyridine rings is 1. The molecule has 1 rings (SSSR count). The first kappa shape index (κ1) is 11.7. The molecule has 82 valence electrons. The number of hydrogen-bond donors (Lipinski definition) is 0. The third-order valence-electron chi connectivity index (χ3n) is 1.88. The Hall–Kier alpha value is -1.42. The van der Waals surface area contributed by atoms with Gasteiger partial charge in [0.25, 0.3) is 0 Å². The average Bonchev–Trinajstić information content (AvgIpc) is 2.27. The predicted octanol–water partition coefficient (Wildman–Crippen LogP) is 1.24. The molecule has 1 heterocycles. The topological polar surface area (TPSA) is 48.4 Å². The molecule has 1 aromatic rings. The monoisotopic (exact) mass is 209 g/mol. The van der Waals surface area contributed by atoms with E-state index in [4.69, 9.17) is 9.47 Å². The largest absolute Gasteiger partial charge is 0.481 e. The number of carbonyl (C=O) groups is 1. The summed E-state index contributed by atoms with van der Waals surface area (Å²) < 4.78 is 9.94. The van der Waals surface area contributed by atoms with Crippen molar-refractivity contribution in [1.29, 1.82) is 0 Å². The van der Waals surface area contributed by atoms with Crippen molar-refractivity contribution in [2.24, 2.45) is 0 Å². The average molecular weight is 209 g/mol. The minimum absolute atomic E-state index is 0.0591. The summed E-state index contributed by atoms with van der Waals surface area (Å²) >= 11 is 0. The third kappa shape index (κ3) is 4.08. The second-order valence-corrected chi connectivity index (χ2v) is 3.06. The van der Waals surface area contributed by atoms with Crippen LogP contribution in [0.3, 0.4) is 0 Å². The zero-order valence-electron chi connectivity index (χ0n) is 9.03. The number of aromatic nitrogens is 1. The minimum Gasteiger partial charge on any atom is -0.481 e. The zero-order chi connectivity index (χ0) is 11.1. The number of rotatable bonds is 6. The molecule has 0 fully saturated rings. The van der Waals surface area contributed by atoms with E-state index >= 15 is 0 Å². The molecule has 0 aliphatic rings. The summed E-state index contributed by atoms with van der Waals surface area (Å²) in [6.45, 7) is 2.59. The fraction of sp³-hybridized carbons (Fsp3) is 0.455. The van der Waals surface area contributed by atoms with Crippen LogP contribution < -0.4 is 4.74 Å². The maximum absolute atomic E-state index is 11.3. The quantitative estimate of drug-likeness (QED) is 0.707. The Balaban J connectivity index is 2.46. The first-order chi connectivity index (χ1) is 7.26. The van der Waals surface area contributed by atoms with Gasteiger partial charge >= 0.3 is 0 Å². The number of carbonyl (C=O) groups excluding carboxylic acids is 1. The van der Waals surface area contributed by atoms with Crippen LogP contribution in [0.15, 0.2) is 18.3 Å². The highest BCUT2D eigenvalue weighted by atomic mass is 16.5. The Morgan fingerprint density at radius 2 is 2.27 bits per heavy atom. The van der Waals surface area contributed by atoms with Crippen molar-refractivity contribution in [2.45, 2.75) is 13.3 Å². The van der Waals surface area contributed by atoms with Crippen molar-refractivity contribution in [1.82, 2.24) is 4.98 Å². The molecule has 0 amide bonds. The number of nitrogens with zero attached hydrogens (tertiary/aromatic N) is 1. The van der Waals surface area contributed by atoms with Crippen LogP contribution in [0.5, 0.6) is 5.88 Å². The molecule has 0 atom stereocenters. The maximum atomic E-state index is 11.3. The molecule has 0 spiro atoms. The second-order valence-electron chi connectivity index (χ2n) is 3.06. The lowest BCUT2D eigenvalue weighted by Gasteiger charge is -2.02. The van der Waals surface area contributed by atoms with Crippen LogP contribution in [-0.4, -0.2) is 31.1 Å². The first-order valence-electron chi connectivity index (χ1n) is 4.84. The van der Waals surface area contributed by atoms with Gasteiger partial charge < -0.3 is 9.47 Å². The molecular weight excluding hydrogens is 194 g/mol. The molecule has 1 aromatic heterocycles. The molecule has 0 aliphatic heterocycles. The molecule has 4 heteroatoms. The van der Waals surface area contributed by atoms with Gasteiger partial charge in [0, 0.05) is 25.3 Å². The van der Waals surface area contributed by atoms with Gasteiger partial charge in [-0.05, 0) is 12.5 Å². The molecule has 0 saturated carbocycles. The zero-order valence-corrected chi connectivity index (χ0v) is 9.03. The van der Waals surface area contributed by atoms with Gasteiger partial charge in [0.2, 0.25) is 5.88 Å². The van der Waals surface area contributed by atoms with Gasteiger partial charge in [-0.1, -0.05) is 6.07 Å². The fourth-order valence-corrected chi connectivity index (χ4v) is 1.13. The van der Waals surface area contributed by atoms with E-state index in [9.17, 15) is 4.79 Å². The summed E-state index contributed by atoms with van der Waals surface area (Å²) in [7, 11) is 1.56. The molecule has 0 aromatic carbocycles. The van der Waals surface area contributed by atoms with Gasteiger partial charge in [-0.25, -0.2) is 4.98 Å². The Labute approximate surface area is 89.2 Å². The van der Waals surface area contributed by atoms with E-state index in [0.29, 0.717) is 18.9 Å². The lowest BCUT2D eigenvalue weighted by atomic mass is 10.1. The number of ketones is 1. The number of Topliss-reactive ketones (excluding diaryl/α,β-unsaturated/α-hetero) is 1.